The Bertz CT molecular complexity index is 329. The second-order valence-corrected chi connectivity index (χ2v) is 5.49. The topological polar surface area (TPSA) is 55.4 Å². The van der Waals surface area contributed by atoms with Crippen LogP contribution in [0.2, 0.25) is 0 Å². The molecule has 0 saturated carbocycles. The minimum absolute atomic E-state index is 0.00860. The molecule has 1 N–H and O–H groups in total. The third kappa shape index (κ3) is 7.93. The number of thioether (sulfide) groups is 1. The second-order valence-electron chi connectivity index (χ2n) is 4.51. The molecule has 1 amide bonds. The van der Waals surface area contributed by atoms with Crippen LogP contribution >= 0.6 is 11.8 Å². The van der Waals surface area contributed by atoms with E-state index in [-0.39, 0.29) is 17.6 Å². The molecule has 0 saturated heterocycles. The fraction of sp³-hybridized carbons (Fsp3) is 0.714. The van der Waals surface area contributed by atoms with E-state index in [4.69, 9.17) is 4.74 Å². The van der Waals surface area contributed by atoms with Crippen LogP contribution in [0.15, 0.2) is 11.6 Å². The maximum atomic E-state index is 11.5. The first-order chi connectivity index (χ1) is 9.22. The van der Waals surface area contributed by atoms with Crippen LogP contribution in [0.25, 0.3) is 0 Å². The lowest BCUT2D eigenvalue weighted by molar-refractivity contribution is -0.139. The van der Waals surface area contributed by atoms with Gasteiger partial charge in [0.1, 0.15) is 0 Å². The van der Waals surface area contributed by atoms with Gasteiger partial charge in [0.25, 0.3) is 0 Å². The molecule has 0 heterocycles. The van der Waals surface area contributed by atoms with Crippen LogP contribution in [0.1, 0.15) is 39.0 Å². The maximum Gasteiger partial charge on any atom is 0.315 e. The average Bonchev–Trinajstić information content (AvgIpc) is 2.40. The van der Waals surface area contributed by atoms with E-state index in [9.17, 15) is 9.59 Å². The van der Waals surface area contributed by atoms with Gasteiger partial charge in [-0.25, -0.2) is 0 Å². The Morgan fingerprint density at radius 2 is 2.21 bits per heavy atom. The molecule has 0 unspecified atom stereocenters. The second kappa shape index (κ2) is 9.89. The van der Waals surface area contributed by atoms with Crippen molar-refractivity contribution >= 4 is 23.6 Å². The van der Waals surface area contributed by atoms with E-state index in [1.54, 1.807) is 6.92 Å². The molecule has 19 heavy (non-hydrogen) atoms. The first kappa shape index (κ1) is 16.1. The monoisotopic (exact) mass is 285 g/mol. The molecular formula is C14H23NO3S. The summed E-state index contributed by atoms with van der Waals surface area (Å²) in [5.74, 6) is 0.294. The lowest BCUT2D eigenvalue weighted by atomic mass is 9.97. The third-order valence-electron chi connectivity index (χ3n) is 2.91. The van der Waals surface area contributed by atoms with Gasteiger partial charge in [-0.3, -0.25) is 9.59 Å². The highest BCUT2D eigenvalue weighted by Crippen LogP contribution is 2.19. The van der Waals surface area contributed by atoms with Crippen LogP contribution in [0.3, 0.4) is 0 Å². The predicted molar refractivity (Wildman–Crippen MR) is 78.1 cm³/mol. The van der Waals surface area contributed by atoms with Gasteiger partial charge in [-0.2, -0.15) is 0 Å². The zero-order chi connectivity index (χ0) is 13.9. The lowest BCUT2D eigenvalue weighted by Crippen LogP contribution is -2.27. The zero-order valence-corrected chi connectivity index (χ0v) is 12.4. The number of ether oxygens (including phenoxy) is 1. The Labute approximate surface area is 119 Å². The maximum absolute atomic E-state index is 11.5. The number of allylic oxidation sites excluding steroid dienone is 1. The summed E-state index contributed by atoms with van der Waals surface area (Å²) in [6, 6.07) is 0. The van der Waals surface area contributed by atoms with Gasteiger partial charge in [0, 0.05) is 6.54 Å². The molecule has 0 aliphatic heterocycles. The van der Waals surface area contributed by atoms with E-state index in [1.807, 2.05) is 0 Å². The number of rotatable bonds is 8. The van der Waals surface area contributed by atoms with E-state index in [0.29, 0.717) is 18.9 Å². The minimum atomic E-state index is -0.257. The molecule has 0 fully saturated rings. The highest BCUT2D eigenvalue weighted by Gasteiger charge is 2.07. The van der Waals surface area contributed by atoms with Crippen molar-refractivity contribution in [1.29, 1.82) is 0 Å². The minimum Gasteiger partial charge on any atom is -0.465 e. The summed E-state index contributed by atoms with van der Waals surface area (Å²) in [6.07, 6.45) is 8.17. The van der Waals surface area contributed by atoms with Crippen LogP contribution in [0.4, 0.5) is 0 Å². The van der Waals surface area contributed by atoms with Crippen molar-refractivity contribution in [1.82, 2.24) is 5.32 Å². The summed E-state index contributed by atoms with van der Waals surface area (Å²) in [5.41, 5.74) is 1.46. The first-order valence-electron chi connectivity index (χ1n) is 6.90. The number of carbonyl (C=O) groups is 2. The third-order valence-corrected chi connectivity index (χ3v) is 3.82. The van der Waals surface area contributed by atoms with Gasteiger partial charge < -0.3 is 10.1 Å². The van der Waals surface area contributed by atoms with E-state index in [0.717, 1.165) is 6.42 Å². The molecule has 1 rings (SSSR count). The molecule has 0 bridgehead atoms. The number of nitrogens with one attached hydrogen (secondary N) is 1. The number of esters is 1. The van der Waals surface area contributed by atoms with Crippen molar-refractivity contribution in [2.45, 2.75) is 39.0 Å². The molecule has 4 nitrogen and oxygen atoms in total. The first-order valence-corrected chi connectivity index (χ1v) is 8.05. The van der Waals surface area contributed by atoms with Crippen LogP contribution < -0.4 is 5.32 Å². The molecule has 0 atom stereocenters. The average molecular weight is 285 g/mol. The van der Waals surface area contributed by atoms with Crippen molar-refractivity contribution < 1.29 is 14.3 Å². The number of carbonyl (C=O) groups excluding carboxylic acids is 2. The van der Waals surface area contributed by atoms with E-state index in [1.165, 1.54) is 43.0 Å². The van der Waals surface area contributed by atoms with Crippen LogP contribution in [-0.2, 0) is 14.3 Å². The van der Waals surface area contributed by atoms with Crippen LogP contribution in [0, 0.1) is 0 Å². The lowest BCUT2D eigenvalue weighted by Gasteiger charge is -2.12. The molecule has 0 aromatic heterocycles. The largest absolute Gasteiger partial charge is 0.465 e. The van der Waals surface area contributed by atoms with Crippen molar-refractivity contribution in [2.24, 2.45) is 0 Å². The highest BCUT2D eigenvalue weighted by atomic mass is 32.2. The van der Waals surface area contributed by atoms with Crippen molar-refractivity contribution in [3.8, 4) is 0 Å². The predicted octanol–water partition coefficient (Wildman–Crippen LogP) is 2.29. The number of hydrogen-bond acceptors (Lipinski definition) is 4. The summed E-state index contributed by atoms with van der Waals surface area (Å²) in [6.45, 7) is 2.86. The Morgan fingerprint density at radius 1 is 1.37 bits per heavy atom. The van der Waals surface area contributed by atoms with Gasteiger partial charge in [0.2, 0.25) is 5.91 Å². The quantitative estimate of drug-likeness (QED) is 0.549. The Hall–Kier alpha value is -0.970. The molecule has 5 heteroatoms. The fourth-order valence-electron chi connectivity index (χ4n) is 1.97. The van der Waals surface area contributed by atoms with Crippen LogP contribution in [-0.4, -0.2) is 36.5 Å². The molecule has 108 valence electrons. The van der Waals surface area contributed by atoms with E-state index >= 15 is 0 Å². The molecule has 0 aromatic rings. The van der Waals surface area contributed by atoms with Gasteiger partial charge >= 0.3 is 5.97 Å². The molecule has 0 radical (unpaired) electrons. The molecule has 1 aliphatic rings. The van der Waals surface area contributed by atoms with Gasteiger partial charge in [-0.05, 0) is 39.0 Å². The van der Waals surface area contributed by atoms with Gasteiger partial charge in [-0.15, -0.1) is 11.8 Å². The highest BCUT2D eigenvalue weighted by molar-refractivity contribution is 8.00. The summed E-state index contributed by atoms with van der Waals surface area (Å²) >= 11 is 1.29. The summed E-state index contributed by atoms with van der Waals surface area (Å²) in [7, 11) is 0. The standard InChI is InChI=1S/C14H23NO3S/c1-2-18-14(17)11-19-10-13(16)15-9-8-12-6-4-3-5-7-12/h6H,2-5,7-11H2,1H3,(H,15,16). The summed E-state index contributed by atoms with van der Waals surface area (Å²) < 4.78 is 4.79. The van der Waals surface area contributed by atoms with Crippen molar-refractivity contribution in [3.05, 3.63) is 11.6 Å². The summed E-state index contributed by atoms with van der Waals surface area (Å²) in [5, 5.41) is 2.88. The number of amides is 1. The number of hydrogen-bond donors (Lipinski definition) is 1. The zero-order valence-electron chi connectivity index (χ0n) is 11.6. The normalized spacial score (nSPS) is 14.7. The van der Waals surface area contributed by atoms with E-state index in [2.05, 4.69) is 11.4 Å². The Balaban J connectivity index is 2.01. The Kier molecular flexibility index (Phi) is 8.38. The van der Waals surface area contributed by atoms with Crippen molar-refractivity contribution in [3.63, 3.8) is 0 Å². The van der Waals surface area contributed by atoms with Gasteiger partial charge in [0.15, 0.2) is 0 Å². The molecule has 0 spiro atoms. The SMILES string of the molecule is CCOC(=O)CSCC(=O)NCCC1=CCCCC1. The molecule has 0 aromatic carbocycles. The fourth-order valence-corrected chi connectivity index (χ4v) is 2.61. The molecule has 1 aliphatic carbocycles. The summed E-state index contributed by atoms with van der Waals surface area (Å²) in [4.78, 5) is 22.6. The van der Waals surface area contributed by atoms with E-state index < -0.39 is 0 Å². The van der Waals surface area contributed by atoms with Gasteiger partial charge in [-0.1, -0.05) is 11.6 Å². The van der Waals surface area contributed by atoms with Gasteiger partial charge in [0.05, 0.1) is 18.1 Å². The van der Waals surface area contributed by atoms with Crippen LogP contribution in [0.5, 0.6) is 0 Å². The Morgan fingerprint density at radius 3 is 2.89 bits per heavy atom. The van der Waals surface area contributed by atoms with Crippen molar-refractivity contribution in [2.75, 3.05) is 24.7 Å². The molecular weight excluding hydrogens is 262 g/mol. The smallest absolute Gasteiger partial charge is 0.315 e.